The van der Waals surface area contributed by atoms with Gasteiger partial charge in [-0.2, -0.15) is 4.98 Å². The zero-order valence-corrected chi connectivity index (χ0v) is 19.3. The molecule has 1 aliphatic rings. The van der Waals surface area contributed by atoms with Crippen molar-refractivity contribution in [2.75, 3.05) is 50.9 Å². The van der Waals surface area contributed by atoms with Gasteiger partial charge in [-0.3, -0.25) is 14.5 Å². The van der Waals surface area contributed by atoms with Crippen LogP contribution in [0.3, 0.4) is 0 Å². The molecular weight excluding hydrogens is 427 g/mol. The maximum absolute atomic E-state index is 13.7. The fourth-order valence-corrected chi connectivity index (χ4v) is 3.84. The van der Waals surface area contributed by atoms with Gasteiger partial charge in [0.05, 0.1) is 24.8 Å². The topological polar surface area (TPSA) is 114 Å². The fraction of sp³-hybridized carbons (Fsp3) is 0.478. The van der Waals surface area contributed by atoms with Crippen molar-refractivity contribution in [3.05, 3.63) is 41.3 Å². The molecule has 0 bridgehead atoms. The number of aromatic nitrogens is 2. The number of carbonyl (C=O) groups excluding carboxylic acids is 2. The van der Waals surface area contributed by atoms with Crippen molar-refractivity contribution in [3.63, 3.8) is 0 Å². The summed E-state index contributed by atoms with van der Waals surface area (Å²) < 4.78 is 18.8. The van der Waals surface area contributed by atoms with Crippen LogP contribution in [-0.2, 0) is 4.79 Å². The van der Waals surface area contributed by atoms with Crippen LogP contribution < -0.4 is 15.8 Å². The van der Waals surface area contributed by atoms with E-state index < -0.39 is 11.6 Å². The molecule has 1 amide bonds. The Labute approximate surface area is 193 Å². The van der Waals surface area contributed by atoms with Gasteiger partial charge < -0.3 is 20.7 Å². The summed E-state index contributed by atoms with van der Waals surface area (Å²) >= 11 is 0. The number of rotatable bonds is 9. The Morgan fingerprint density at radius 2 is 1.94 bits per heavy atom. The number of piperidine rings is 1. The van der Waals surface area contributed by atoms with Gasteiger partial charge in [0.15, 0.2) is 0 Å². The van der Waals surface area contributed by atoms with E-state index in [2.05, 4.69) is 20.2 Å². The third-order valence-electron chi connectivity index (χ3n) is 5.90. The summed E-state index contributed by atoms with van der Waals surface area (Å²) in [6.45, 7) is 7.55. The maximum atomic E-state index is 13.7. The molecule has 0 radical (unpaired) electrons. The van der Waals surface area contributed by atoms with E-state index in [0.717, 1.165) is 32.0 Å². The number of anilines is 2. The minimum Gasteiger partial charge on any atom is -0.496 e. The summed E-state index contributed by atoms with van der Waals surface area (Å²) in [4.78, 5) is 37.8. The molecule has 0 unspecified atom stereocenters. The van der Waals surface area contributed by atoms with Crippen LogP contribution in [0.5, 0.6) is 5.75 Å². The Morgan fingerprint density at radius 3 is 2.55 bits per heavy atom. The molecule has 1 aliphatic heterocycles. The summed E-state index contributed by atoms with van der Waals surface area (Å²) in [5.41, 5.74) is 6.15. The number of nitrogens with two attached hydrogens (primary N) is 1. The van der Waals surface area contributed by atoms with E-state index in [1.807, 2.05) is 18.7 Å². The molecule has 3 rings (SSSR count). The van der Waals surface area contributed by atoms with E-state index in [4.69, 9.17) is 10.5 Å². The number of halogens is 1. The molecule has 33 heavy (non-hydrogen) atoms. The number of hydrogen-bond donors (Lipinski definition) is 2. The largest absolute Gasteiger partial charge is 0.496 e. The number of amides is 1. The van der Waals surface area contributed by atoms with E-state index >= 15 is 0 Å². The first-order chi connectivity index (χ1) is 15.9. The molecule has 1 saturated heterocycles. The number of likely N-dealkylation sites (tertiary alicyclic amines) is 1. The summed E-state index contributed by atoms with van der Waals surface area (Å²) in [6.07, 6.45) is 2.85. The number of nitrogen functional groups attached to an aromatic ring is 1. The second-order valence-electron chi connectivity index (χ2n) is 7.93. The van der Waals surface area contributed by atoms with E-state index in [1.54, 1.807) is 0 Å². The van der Waals surface area contributed by atoms with Crippen molar-refractivity contribution >= 4 is 23.5 Å². The van der Waals surface area contributed by atoms with Gasteiger partial charge >= 0.3 is 0 Å². The predicted molar refractivity (Wildman–Crippen MR) is 124 cm³/mol. The molecule has 3 N–H and O–H groups in total. The Kier molecular flexibility index (Phi) is 8.16. The Morgan fingerprint density at radius 1 is 1.24 bits per heavy atom. The van der Waals surface area contributed by atoms with Crippen LogP contribution in [0.4, 0.5) is 16.2 Å². The van der Waals surface area contributed by atoms with Crippen molar-refractivity contribution < 1.29 is 18.7 Å². The molecule has 1 aromatic heterocycles. The third-order valence-corrected chi connectivity index (χ3v) is 5.90. The summed E-state index contributed by atoms with van der Waals surface area (Å²) in [5, 5.41) is 3.24. The average molecular weight is 459 g/mol. The van der Waals surface area contributed by atoms with Crippen LogP contribution in [0.1, 0.15) is 42.6 Å². The summed E-state index contributed by atoms with van der Waals surface area (Å²) in [6, 6.07) is 3.79. The lowest BCUT2D eigenvalue weighted by atomic mass is 10.0. The van der Waals surface area contributed by atoms with Crippen LogP contribution >= 0.6 is 0 Å². The predicted octanol–water partition coefficient (Wildman–Crippen LogP) is 2.18. The van der Waals surface area contributed by atoms with Crippen molar-refractivity contribution in [1.82, 2.24) is 19.8 Å². The number of ketones is 1. The monoisotopic (exact) mass is 458 g/mol. The van der Waals surface area contributed by atoms with Gasteiger partial charge in [0.2, 0.25) is 17.6 Å². The smallest absolute Gasteiger partial charge is 0.236 e. The highest BCUT2D eigenvalue weighted by molar-refractivity contribution is 6.13. The highest BCUT2D eigenvalue weighted by Crippen LogP contribution is 2.25. The second kappa shape index (κ2) is 11.0. The first-order valence-corrected chi connectivity index (χ1v) is 11.1. The van der Waals surface area contributed by atoms with E-state index in [0.29, 0.717) is 25.6 Å². The SMILES string of the molecule is CCN(CC)CC(=O)N1CCC(Nc2ncc(C(=O)c3cc(F)ccc3OC)c(N)n2)CC1. The molecule has 0 aliphatic carbocycles. The fourth-order valence-electron chi connectivity index (χ4n) is 3.84. The summed E-state index contributed by atoms with van der Waals surface area (Å²) in [5.74, 6) is -0.383. The first kappa shape index (κ1) is 24.4. The van der Waals surface area contributed by atoms with Crippen molar-refractivity contribution in [2.45, 2.75) is 32.7 Å². The maximum Gasteiger partial charge on any atom is 0.236 e. The van der Waals surface area contributed by atoms with Crippen LogP contribution in [0, 0.1) is 5.82 Å². The molecule has 9 nitrogen and oxygen atoms in total. The molecule has 0 saturated carbocycles. The second-order valence-corrected chi connectivity index (χ2v) is 7.93. The standard InChI is InChI=1S/C23H31FN6O3/c1-4-29(5-2)14-20(31)30-10-8-16(9-11-30)27-23-26-13-18(22(25)28-23)21(32)17-12-15(24)6-7-19(17)33-3/h6-7,12-13,16H,4-5,8-11,14H2,1-3H3,(H3,25,26,27,28). The number of likely N-dealkylation sites (N-methyl/N-ethyl adjacent to an activating group) is 1. The van der Waals surface area contributed by atoms with Crippen LogP contribution in [0.15, 0.2) is 24.4 Å². The quantitative estimate of drug-likeness (QED) is 0.550. The zero-order chi connectivity index (χ0) is 24.0. The Hall–Kier alpha value is -3.27. The number of benzene rings is 1. The highest BCUT2D eigenvalue weighted by Gasteiger charge is 2.25. The number of nitrogens with one attached hydrogen (secondary N) is 1. The van der Waals surface area contributed by atoms with Gasteiger partial charge in [-0.1, -0.05) is 13.8 Å². The molecule has 1 fully saturated rings. The summed E-state index contributed by atoms with van der Waals surface area (Å²) in [7, 11) is 1.40. The van der Waals surface area contributed by atoms with Gasteiger partial charge in [-0.15, -0.1) is 0 Å². The number of methoxy groups -OCH3 is 1. The lowest BCUT2D eigenvalue weighted by Crippen LogP contribution is -2.46. The van der Waals surface area contributed by atoms with Crippen LogP contribution in [0.2, 0.25) is 0 Å². The highest BCUT2D eigenvalue weighted by atomic mass is 19.1. The molecule has 1 aromatic carbocycles. The number of hydrogen-bond acceptors (Lipinski definition) is 8. The Balaban J connectivity index is 1.61. The zero-order valence-electron chi connectivity index (χ0n) is 19.3. The van der Waals surface area contributed by atoms with Crippen LogP contribution in [-0.4, -0.2) is 77.3 Å². The lowest BCUT2D eigenvalue weighted by Gasteiger charge is -2.33. The Bertz CT molecular complexity index is 990. The van der Waals surface area contributed by atoms with Crippen molar-refractivity contribution in [2.24, 2.45) is 0 Å². The van der Waals surface area contributed by atoms with Crippen LogP contribution in [0.25, 0.3) is 0 Å². The normalized spacial score (nSPS) is 14.4. The molecular formula is C23H31FN6O3. The molecule has 0 spiro atoms. The average Bonchev–Trinajstić information content (AvgIpc) is 2.82. The van der Waals surface area contributed by atoms with Gasteiger partial charge in [0.1, 0.15) is 17.4 Å². The minimum absolute atomic E-state index is 0.00403. The molecule has 178 valence electrons. The van der Waals surface area contributed by atoms with Gasteiger partial charge in [0, 0.05) is 25.3 Å². The number of ether oxygens (including phenoxy) is 1. The number of nitrogens with zero attached hydrogens (tertiary/aromatic N) is 4. The molecule has 10 heteroatoms. The molecule has 2 aromatic rings. The van der Waals surface area contributed by atoms with E-state index in [9.17, 15) is 14.0 Å². The van der Waals surface area contributed by atoms with Gasteiger partial charge in [-0.05, 0) is 44.1 Å². The van der Waals surface area contributed by atoms with Gasteiger partial charge in [0.25, 0.3) is 0 Å². The lowest BCUT2D eigenvalue weighted by molar-refractivity contribution is -0.133. The van der Waals surface area contributed by atoms with E-state index in [-0.39, 0.29) is 34.6 Å². The van der Waals surface area contributed by atoms with E-state index in [1.165, 1.54) is 25.4 Å². The molecule has 2 heterocycles. The first-order valence-electron chi connectivity index (χ1n) is 11.1. The molecule has 0 atom stereocenters. The minimum atomic E-state index is -0.557. The van der Waals surface area contributed by atoms with Crippen molar-refractivity contribution in [3.8, 4) is 5.75 Å². The van der Waals surface area contributed by atoms with Gasteiger partial charge in [-0.25, -0.2) is 9.37 Å². The third kappa shape index (κ3) is 5.95. The van der Waals surface area contributed by atoms with Crippen molar-refractivity contribution in [1.29, 1.82) is 0 Å². The number of carbonyl (C=O) groups is 2.